The van der Waals surface area contributed by atoms with Crippen molar-refractivity contribution in [2.75, 3.05) is 23.9 Å². The van der Waals surface area contributed by atoms with Crippen LogP contribution in [-0.2, 0) is 0 Å². The zero-order valence-electron chi connectivity index (χ0n) is 18.5. The van der Waals surface area contributed by atoms with Gasteiger partial charge in [0.25, 0.3) is 0 Å². The minimum absolute atomic E-state index is 0.00989. The number of benzene rings is 2. The van der Waals surface area contributed by atoms with Gasteiger partial charge in [-0.25, -0.2) is 4.79 Å². The second kappa shape index (κ2) is 9.72. The Labute approximate surface area is 201 Å². The third-order valence-electron chi connectivity index (χ3n) is 5.43. The van der Waals surface area contributed by atoms with Crippen molar-refractivity contribution in [3.63, 3.8) is 0 Å². The Bertz CT molecular complexity index is 1330. The average Bonchev–Trinajstić information content (AvgIpc) is 2.88. The lowest BCUT2D eigenvalue weighted by atomic mass is 10.0. The van der Waals surface area contributed by atoms with Crippen LogP contribution in [0.15, 0.2) is 85.3 Å². The molecule has 4 aromatic rings. The van der Waals surface area contributed by atoms with E-state index in [4.69, 9.17) is 11.6 Å². The molecule has 0 aliphatic heterocycles. The number of carboxylic acids is 1. The van der Waals surface area contributed by atoms with E-state index in [2.05, 4.69) is 9.97 Å². The Morgan fingerprint density at radius 2 is 1.44 bits per heavy atom. The molecule has 0 saturated heterocycles. The van der Waals surface area contributed by atoms with Gasteiger partial charge in [-0.15, -0.1) is 0 Å². The SMILES string of the molecule is CN(c1ccc(Cl)cc1)c1ccc(C(=O)c2cc(C(=O)O)cc(N(C)c3cccnc3)c2)nc1. The van der Waals surface area contributed by atoms with Crippen LogP contribution in [0.4, 0.5) is 22.7 Å². The minimum Gasteiger partial charge on any atom is -0.478 e. The maximum Gasteiger partial charge on any atom is 0.335 e. The fraction of sp³-hybridized carbons (Fsp3) is 0.0769. The molecule has 170 valence electrons. The number of hydrogen-bond acceptors (Lipinski definition) is 6. The molecule has 8 heteroatoms. The van der Waals surface area contributed by atoms with Crippen molar-refractivity contribution in [2.24, 2.45) is 0 Å². The zero-order chi connectivity index (χ0) is 24.2. The molecule has 0 aliphatic rings. The number of ketones is 1. The van der Waals surface area contributed by atoms with Crippen LogP contribution in [0, 0.1) is 0 Å². The highest BCUT2D eigenvalue weighted by Gasteiger charge is 2.18. The van der Waals surface area contributed by atoms with Crippen LogP contribution < -0.4 is 9.80 Å². The standard InChI is InChI=1S/C26H21ClN4O3/c1-30(20-7-5-19(27)6-8-20)22-9-10-24(29-16-22)25(32)17-12-18(26(33)34)14-23(13-17)31(2)21-4-3-11-28-15-21/h3-16H,1-2H3,(H,33,34). The fourth-order valence-electron chi connectivity index (χ4n) is 3.44. The smallest absolute Gasteiger partial charge is 0.335 e. The molecule has 1 N–H and O–H groups in total. The van der Waals surface area contributed by atoms with Crippen molar-refractivity contribution in [1.29, 1.82) is 0 Å². The lowest BCUT2D eigenvalue weighted by Gasteiger charge is -2.20. The van der Waals surface area contributed by atoms with Gasteiger partial charge in [0.2, 0.25) is 5.78 Å². The van der Waals surface area contributed by atoms with Crippen LogP contribution in [0.25, 0.3) is 0 Å². The molecule has 0 amide bonds. The van der Waals surface area contributed by atoms with E-state index in [9.17, 15) is 14.7 Å². The highest BCUT2D eigenvalue weighted by Crippen LogP contribution is 2.28. The van der Waals surface area contributed by atoms with Crippen LogP contribution in [0.5, 0.6) is 0 Å². The molecule has 0 fully saturated rings. The summed E-state index contributed by atoms with van der Waals surface area (Å²) < 4.78 is 0. The van der Waals surface area contributed by atoms with Crippen LogP contribution in [0.1, 0.15) is 26.4 Å². The lowest BCUT2D eigenvalue weighted by Crippen LogP contribution is -2.14. The topological polar surface area (TPSA) is 86.6 Å². The van der Waals surface area contributed by atoms with Gasteiger partial charge in [0.1, 0.15) is 5.69 Å². The van der Waals surface area contributed by atoms with Crippen molar-refractivity contribution in [3.8, 4) is 0 Å². The second-order valence-corrected chi connectivity index (χ2v) is 8.05. The molecule has 0 bridgehead atoms. The molecular weight excluding hydrogens is 452 g/mol. The summed E-state index contributed by atoms with van der Waals surface area (Å²) in [5.74, 6) is -1.49. The first kappa shape index (κ1) is 22.9. The molecule has 0 unspecified atom stereocenters. The Balaban J connectivity index is 1.63. The Kier molecular flexibility index (Phi) is 6.56. The number of hydrogen-bond donors (Lipinski definition) is 1. The minimum atomic E-state index is -1.12. The molecule has 2 aromatic heterocycles. The number of carbonyl (C=O) groups excluding carboxylic acids is 1. The zero-order valence-corrected chi connectivity index (χ0v) is 19.3. The molecular formula is C26H21ClN4O3. The Morgan fingerprint density at radius 3 is 2.06 bits per heavy atom. The number of anilines is 4. The Morgan fingerprint density at radius 1 is 0.794 bits per heavy atom. The van der Waals surface area contributed by atoms with Crippen molar-refractivity contribution in [2.45, 2.75) is 0 Å². The van der Waals surface area contributed by atoms with Gasteiger partial charge in [0.05, 0.1) is 29.3 Å². The van der Waals surface area contributed by atoms with Gasteiger partial charge in [-0.05, 0) is 66.7 Å². The van der Waals surface area contributed by atoms with Crippen LogP contribution >= 0.6 is 11.6 Å². The molecule has 0 spiro atoms. The van der Waals surface area contributed by atoms with E-state index in [1.807, 2.05) is 30.1 Å². The summed E-state index contributed by atoms with van der Waals surface area (Å²) in [7, 11) is 3.67. The lowest BCUT2D eigenvalue weighted by molar-refractivity contribution is 0.0697. The molecule has 0 radical (unpaired) electrons. The van der Waals surface area contributed by atoms with Gasteiger partial charge in [0, 0.05) is 42.3 Å². The van der Waals surface area contributed by atoms with Gasteiger partial charge < -0.3 is 14.9 Å². The third kappa shape index (κ3) is 4.89. The molecule has 0 aliphatic carbocycles. The van der Waals surface area contributed by atoms with Crippen LogP contribution in [-0.4, -0.2) is 40.9 Å². The van der Waals surface area contributed by atoms with Gasteiger partial charge in [-0.2, -0.15) is 0 Å². The van der Waals surface area contributed by atoms with E-state index in [1.54, 1.807) is 66.9 Å². The summed E-state index contributed by atoms with van der Waals surface area (Å²) in [6, 6.07) is 19.0. The number of aromatic nitrogens is 2. The van der Waals surface area contributed by atoms with Crippen LogP contribution in [0.3, 0.4) is 0 Å². The average molecular weight is 473 g/mol. The first-order valence-electron chi connectivity index (χ1n) is 10.4. The predicted molar refractivity (Wildman–Crippen MR) is 133 cm³/mol. The normalized spacial score (nSPS) is 10.6. The summed E-state index contributed by atoms with van der Waals surface area (Å²) in [5, 5.41) is 10.2. The van der Waals surface area contributed by atoms with Crippen molar-refractivity contribution < 1.29 is 14.7 Å². The van der Waals surface area contributed by atoms with Gasteiger partial charge in [0.15, 0.2) is 0 Å². The number of aromatic carboxylic acids is 1. The first-order valence-corrected chi connectivity index (χ1v) is 10.7. The maximum atomic E-state index is 13.2. The van der Waals surface area contributed by atoms with Crippen molar-refractivity contribution in [1.82, 2.24) is 9.97 Å². The highest BCUT2D eigenvalue weighted by atomic mass is 35.5. The summed E-state index contributed by atoms with van der Waals surface area (Å²) in [5.41, 5.74) is 3.47. The fourth-order valence-corrected chi connectivity index (χ4v) is 3.57. The number of carbonyl (C=O) groups is 2. The molecule has 2 aromatic carbocycles. The molecule has 4 rings (SSSR count). The van der Waals surface area contributed by atoms with Gasteiger partial charge in [-0.3, -0.25) is 14.8 Å². The first-order chi connectivity index (χ1) is 16.3. The molecule has 0 saturated carbocycles. The maximum absolute atomic E-state index is 13.2. The van der Waals surface area contributed by atoms with Crippen molar-refractivity contribution >= 4 is 46.1 Å². The number of pyridine rings is 2. The largest absolute Gasteiger partial charge is 0.478 e. The predicted octanol–water partition coefficient (Wildman–Crippen LogP) is 5.60. The van der Waals surface area contributed by atoms with E-state index < -0.39 is 5.97 Å². The number of rotatable bonds is 7. The monoisotopic (exact) mass is 472 g/mol. The molecule has 2 heterocycles. The quantitative estimate of drug-likeness (QED) is 0.350. The number of nitrogens with zero attached hydrogens (tertiary/aromatic N) is 4. The summed E-state index contributed by atoms with van der Waals surface area (Å²) in [6.07, 6.45) is 4.91. The number of halogens is 1. The highest BCUT2D eigenvalue weighted by molar-refractivity contribution is 6.30. The van der Waals surface area contributed by atoms with Gasteiger partial charge in [-0.1, -0.05) is 11.6 Å². The molecule has 7 nitrogen and oxygen atoms in total. The van der Waals surface area contributed by atoms with E-state index in [1.165, 1.54) is 12.1 Å². The summed E-state index contributed by atoms with van der Waals surface area (Å²) in [6.45, 7) is 0. The van der Waals surface area contributed by atoms with E-state index in [-0.39, 0.29) is 22.6 Å². The Hall–Kier alpha value is -4.23. The van der Waals surface area contributed by atoms with Gasteiger partial charge >= 0.3 is 5.97 Å². The second-order valence-electron chi connectivity index (χ2n) is 7.61. The number of carboxylic acid groups (broad SMARTS) is 1. The van der Waals surface area contributed by atoms with E-state index in [0.717, 1.165) is 17.1 Å². The third-order valence-corrected chi connectivity index (χ3v) is 5.68. The van der Waals surface area contributed by atoms with E-state index in [0.29, 0.717) is 10.7 Å². The summed E-state index contributed by atoms with van der Waals surface area (Å²) >= 11 is 5.96. The molecule has 34 heavy (non-hydrogen) atoms. The summed E-state index contributed by atoms with van der Waals surface area (Å²) in [4.78, 5) is 37.1. The van der Waals surface area contributed by atoms with Crippen molar-refractivity contribution in [3.05, 3.63) is 107 Å². The van der Waals surface area contributed by atoms with E-state index >= 15 is 0 Å². The van der Waals surface area contributed by atoms with Crippen LogP contribution in [0.2, 0.25) is 5.02 Å². The molecule has 0 atom stereocenters.